The average molecular weight is 439 g/mol. The lowest BCUT2D eigenvalue weighted by Crippen LogP contribution is -2.37. The first-order valence-corrected chi connectivity index (χ1v) is 10.4. The highest BCUT2D eigenvalue weighted by Crippen LogP contribution is 2.30. The van der Waals surface area contributed by atoms with Crippen molar-refractivity contribution in [3.8, 4) is 0 Å². The Hall–Kier alpha value is -1.90. The van der Waals surface area contributed by atoms with Crippen LogP contribution in [0.4, 0.5) is 11.4 Å². The number of ether oxygens (including phenoxy) is 1. The molecule has 1 heterocycles. The van der Waals surface area contributed by atoms with Crippen LogP contribution in [0.5, 0.6) is 0 Å². The molecule has 1 amide bonds. The molecule has 1 aliphatic heterocycles. The molecule has 0 aromatic heterocycles. The first-order chi connectivity index (χ1) is 12.4. The van der Waals surface area contributed by atoms with E-state index in [1.54, 1.807) is 35.2 Å². The zero-order valence-electron chi connectivity index (χ0n) is 14.2. The Bertz CT molecular complexity index is 913. The maximum absolute atomic E-state index is 12.5. The van der Waals surface area contributed by atoms with Gasteiger partial charge in [-0.05, 0) is 60.9 Å². The van der Waals surface area contributed by atoms with E-state index in [0.717, 1.165) is 28.6 Å². The third-order valence-electron chi connectivity index (χ3n) is 4.14. The van der Waals surface area contributed by atoms with Gasteiger partial charge >= 0.3 is 0 Å². The van der Waals surface area contributed by atoms with Crippen molar-refractivity contribution >= 4 is 43.2 Å². The third kappa shape index (κ3) is 4.08. The van der Waals surface area contributed by atoms with Gasteiger partial charge in [0.2, 0.25) is 0 Å². The van der Waals surface area contributed by atoms with Crippen LogP contribution >= 0.6 is 15.9 Å². The summed E-state index contributed by atoms with van der Waals surface area (Å²) < 4.78 is 33.4. The van der Waals surface area contributed by atoms with E-state index in [1.807, 2.05) is 0 Å². The topological polar surface area (TPSA) is 75.7 Å². The highest BCUT2D eigenvalue weighted by atomic mass is 79.9. The summed E-state index contributed by atoms with van der Waals surface area (Å²) in [5.74, 6) is -0.100. The smallest absolute Gasteiger partial charge is 0.261 e. The van der Waals surface area contributed by atoms with Crippen molar-refractivity contribution in [1.29, 1.82) is 0 Å². The Morgan fingerprint density at radius 2 is 1.96 bits per heavy atom. The van der Waals surface area contributed by atoms with E-state index < -0.39 is 10.0 Å². The second-order valence-electron chi connectivity index (χ2n) is 5.98. The SMILES string of the molecule is COCC(=O)N1CCCc2cc(NS(=O)(=O)c3ccc(Br)cc3)ccc21. The van der Waals surface area contributed by atoms with Crippen LogP contribution in [0.2, 0.25) is 0 Å². The predicted octanol–water partition coefficient (Wildman–Crippen LogP) is 3.18. The summed E-state index contributed by atoms with van der Waals surface area (Å²) in [6, 6.07) is 11.7. The van der Waals surface area contributed by atoms with Gasteiger partial charge < -0.3 is 9.64 Å². The van der Waals surface area contributed by atoms with Gasteiger partial charge in [-0.2, -0.15) is 0 Å². The van der Waals surface area contributed by atoms with E-state index in [2.05, 4.69) is 20.7 Å². The number of nitrogens with zero attached hydrogens (tertiary/aromatic N) is 1. The molecule has 0 fully saturated rings. The Kier molecular flexibility index (Phi) is 5.64. The van der Waals surface area contributed by atoms with E-state index in [0.29, 0.717) is 12.2 Å². The molecule has 8 heteroatoms. The number of methoxy groups -OCH3 is 1. The second-order valence-corrected chi connectivity index (χ2v) is 8.58. The largest absolute Gasteiger partial charge is 0.375 e. The minimum absolute atomic E-state index is 0.0252. The first kappa shape index (κ1) is 18.9. The zero-order valence-corrected chi connectivity index (χ0v) is 16.6. The van der Waals surface area contributed by atoms with Crippen LogP contribution in [0.25, 0.3) is 0 Å². The normalized spacial score (nSPS) is 14.0. The standard InChI is InChI=1S/C18H19BrN2O4S/c1-25-12-18(22)21-10-2-3-13-11-15(6-9-17(13)21)20-26(23,24)16-7-4-14(19)5-8-16/h4-9,11,20H,2-3,10,12H2,1H3. The van der Waals surface area contributed by atoms with Gasteiger partial charge in [-0.15, -0.1) is 0 Å². The van der Waals surface area contributed by atoms with Crippen molar-refractivity contribution in [3.63, 3.8) is 0 Å². The number of rotatable bonds is 5. The molecule has 26 heavy (non-hydrogen) atoms. The van der Waals surface area contributed by atoms with Crippen molar-refractivity contribution in [3.05, 3.63) is 52.5 Å². The molecule has 2 aromatic carbocycles. The zero-order chi connectivity index (χ0) is 18.7. The molecule has 138 valence electrons. The van der Waals surface area contributed by atoms with Crippen molar-refractivity contribution in [2.24, 2.45) is 0 Å². The van der Waals surface area contributed by atoms with Gasteiger partial charge in [0, 0.05) is 29.5 Å². The number of hydrogen-bond donors (Lipinski definition) is 1. The van der Waals surface area contributed by atoms with Crippen LogP contribution < -0.4 is 9.62 Å². The molecule has 0 unspecified atom stereocenters. The fourth-order valence-electron chi connectivity index (χ4n) is 2.95. The molecule has 0 saturated carbocycles. The molecule has 6 nitrogen and oxygen atoms in total. The molecule has 3 rings (SSSR count). The number of benzene rings is 2. The quantitative estimate of drug-likeness (QED) is 0.777. The summed E-state index contributed by atoms with van der Waals surface area (Å²) in [4.78, 5) is 14.1. The molecule has 0 aliphatic carbocycles. The van der Waals surface area contributed by atoms with Gasteiger partial charge in [0.05, 0.1) is 4.90 Å². The number of halogens is 1. The Balaban J connectivity index is 1.85. The van der Waals surface area contributed by atoms with E-state index in [1.165, 1.54) is 19.2 Å². The van der Waals surface area contributed by atoms with Crippen LogP contribution in [0.1, 0.15) is 12.0 Å². The number of nitrogens with one attached hydrogen (secondary N) is 1. The van der Waals surface area contributed by atoms with E-state index in [4.69, 9.17) is 4.74 Å². The molecule has 0 spiro atoms. The lowest BCUT2D eigenvalue weighted by atomic mass is 10.0. The van der Waals surface area contributed by atoms with Crippen molar-refractivity contribution < 1.29 is 17.9 Å². The van der Waals surface area contributed by atoms with E-state index in [-0.39, 0.29) is 17.4 Å². The fourth-order valence-corrected chi connectivity index (χ4v) is 4.26. The number of sulfonamides is 1. The number of amides is 1. The minimum atomic E-state index is -3.67. The molecular weight excluding hydrogens is 420 g/mol. The van der Waals surface area contributed by atoms with Gasteiger partial charge in [0.25, 0.3) is 15.9 Å². The van der Waals surface area contributed by atoms with Crippen molar-refractivity contribution in [2.45, 2.75) is 17.7 Å². The number of anilines is 2. The van der Waals surface area contributed by atoms with Gasteiger partial charge in [-0.25, -0.2) is 8.42 Å². The lowest BCUT2D eigenvalue weighted by molar-refractivity contribution is -0.122. The molecule has 1 aliphatic rings. The molecular formula is C18H19BrN2O4S. The van der Waals surface area contributed by atoms with Gasteiger partial charge in [-0.1, -0.05) is 15.9 Å². The minimum Gasteiger partial charge on any atom is -0.375 e. The summed E-state index contributed by atoms with van der Waals surface area (Å²) in [5, 5.41) is 0. The Morgan fingerprint density at radius 1 is 1.23 bits per heavy atom. The fraction of sp³-hybridized carbons (Fsp3) is 0.278. The van der Waals surface area contributed by atoms with Crippen molar-refractivity contribution in [1.82, 2.24) is 0 Å². The lowest BCUT2D eigenvalue weighted by Gasteiger charge is -2.29. The van der Waals surface area contributed by atoms with Crippen LogP contribution in [-0.2, 0) is 26.0 Å². The highest BCUT2D eigenvalue weighted by Gasteiger charge is 2.23. The van der Waals surface area contributed by atoms with Crippen LogP contribution in [0.15, 0.2) is 51.8 Å². The van der Waals surface area contributed by atoms with Crippen LogP contribution in [0, 0.1) is 0 Å². The van der Waals surface area contributed by atoms with E-state index >= 15 is 0 Å². The molecule has 0 saturated heterocycles. The predicted molar refractivity (Wildman–Crippen MR) is 104 cm³/mol. The van der Waals surface area contributed by atoms with Crippen LogP contribution in [-0.4, -0.2) is 34.6 Å². The van der Waals surface area contributed by atoms with Crippen LogP contribution in [0.3, 0.4) is 0 Å². The molecule has 1 N–H and O–H groups in total. The number of aryl methyl sites for hydroxylation is 1. The molecule has 2 aromatic rings. The van der Waals surface area contributed by atoms with E-state index in [9.17, 15) is 13.2 Å². The first-order valence-electron chi connectivity index (χ1n) is 8.11. The summed E-state index contributed by atoms with van der Waals surface area (Å²) in [5.41, 5.74) is 2.23. The number of carbonyl (C=O) groups is 1. The Morgan fingerprint density at radius 3 is 2.65 bits per heavy atom. The molecule has 0 radical (unpaired) electrons. The third-order valence-corrected chi connectivity index (χ3v) is 6.07. The maximum Gasteiger partial charge on any atom is 0.261 e. The average Bonchev–Trinajstić information content (AvgIpc) is 2.61. The summed E-state index contributed by atoms with van der Waals surface area (Å²) >= 11 is 3.29. The molecule has 0 atom stereocenters. The van der Waals surface area contributed by atoms with Crippen molar-refractivity contribution in [2.75, 3.05) is 29.9 Å². The number of hydrogen-bond acceptors (Lipinski definition) is 4. The van der Waals surface area contributed by atoms with Gasteiger partial charge in [-0.3, -0.25) is 9.52 Å². The highest BCUT2D eigenvalue weighted by molar-refractivity contribution is 9.10. The second kappa shape index (κ2) is 7.77. The summed E-state index contributed by atoms with van der Waals surface area (Å²) in [6.45, 7) is 0.663. The van der Waals surface area contributed by atoms with Gasteiger partial charge in [0.1, 0.15) is 6.61 Å². The van der Waals surface area contributed by atoms with Gasteiger partial charge in [0.15, 0.2) is 0 Å². The number of fused-ring (bicyclic) bond motifs is 1. The monoisotopic (exact) mass is 438 g/mol. The number of carbonyl (C=O) groups excluding carboxylic acids is 1. The maximum atomic E-state index is 12.5. The molecule has 0 bridgehead atoms. The Labute approximate surface area is 161 Å². The summed E-state index contributed by atoms with van der Waals surface area (Å²) in [7, 11) is -2.18. The summed E-state index contributed by atoms with van der Waals surface area (Å²) in [6.07, 6.45) is 1.62.